The summed E-state index contributed by atoms with van der Waals surface area (Å²) < 4.78 is 35.7. The first kappa shape index (κ1) is 21.0. The molecule has 2 heterocycles. The van der Waals surface area contributed by atoms with Crippen LogP contribution in [0.3, 0.4) is 0 Å². The van der Waals surface area contributed by atoms with Gasteiger partial charge in [-0.3, -0.25) is 4.55 Å². The molecule has 0 saturated heterocycles. The molecule has 1 atom stereocenters. The van der Waals surface area contributed by atoms with Crippen molar-refractivity contribution >= 4 is 71.5 Å². The molecule has 1 aliphatic rings. The number of nitrogens with zero attached hydrogens (tertiary/aromatic N) is 2. The summed E-state index contributed by atoms with van der Waals surface area (Å²) in [5.41, 5.74) is 1.96. The lowest BCUT2D eigenvalue weighted by Crippen LogP contribution is -2.42. The standard InChI is InChI=1S/C22H19ClN2O3S3/c1-2-24-20(30-19-9-7-14-5-3-4-6-16(14)22(19)24)12-21-25(13-31(26,27)28)17-11-15(23)8-10-18(17)29-21/h3-11,20H,2,12-13H2,1H3/p+1. The van der Waals surface area contributed by atoms with Gasteiger partial charge in [-0.1, -0.05) is 65.0 Å². The maximum atomic E-state index is 11.8. The largest absolute Gasteiger partial charge is 0.357 e. The molecule has 160 valence electrons. The molecule has 9 heteroatoms. The SMILES string of the molecule is CCN1c2c(ccc3ccccc23)SC1Cc1sc2ccc(Cl)cc2[n+]1CS(=O)(=O)O. The molecule has 0 saturated carbocycles. The van der Waals surface area contributed by atoms with Gasteiger partial charge < -0.3 is 4.90 Å². The van der Waals surface area contributed by atoms with Crippen molar-refractivity contribution < 1.29 is 17.5 Å². The molecule has 5 nitrogen and oxygen atoms in total. The molecule has 0 bridgehead atoms. The van der Waals surface area contributed by atoms with Crippen molar-refractivity contribution in [3.05, 3.63) is 64.6 Å². The van der Waals surface area contributed by atoms with Crippen LogP contribution in [0.5, 0.6) is 0 Å². The van der Waals surface area contributed by atoms with Crippen molar-refractivity contribution in [1.82, 2.24) is 0 Å². The van der Waals surface area contributed by atoms with Crippen LogP contribution in [0.25, 0.3) is 21.0 Å². The lowest BCUT2D eigenvalue weighted by atomic mass is 10.1. The molecule has 31 heavy (non-hydrogen) atoms. The van der Waals surface area contributed by atoms with E-state index in [0.29, 0.717) is 11.4 Å². The van der Waals surface area contributed by atoms with Crippen LogP contribution < -0.4 is 9.47 Å². The first-order valence-electron chi connectivity index (χ1n) is 9.85. The zero-order chi connectivity index (χ0) is 21.8. The minimum absolute atomic E-state index is 0.127. The summed E-state index contributed by atoms with van der Waals surface area (Å²) in [6.07, 6.45) is 0.647. The number of rotatable bonds is 5. The molecule has 1 N–H and O–H groups in total. The summed E-state index contributed by atoms with van der Waals surface area (Å²) in [7, 11) is -4.20. The lowest BCUT2D eigenvalue weighted by Gasteiger charge is -2.24. The summed E-state index contributed by atoms with van der Waals surface area (Å²) in [6.45, 7) is 2.98. The molecular formula is C22H20ClN2O3S3+. The number of benzene rings is 3. The molecule has 0 aliphatic carbocycles. The third-order valence-corrected chi connectivity index (χ3v) is 8.77. The lowest BCUT2D eigenvalue weighted by molar-refractivity contribution is -0.654. The number of aromatic nitrogens is 1. The molecule has 4 aromatic rings. The zero-order valence-corrected chi connectivity index (χ0v) is 19.9. The van der Waals surface area contributed by atoms with Gasteiger partial charge >= 0.3 is 10.1 Å². The topological polar surface area (TPSA) is 61.5 Å². The van der Waals surface area contributed by atoms with Gasteiger partial charge in [0, 0.05) is 27.9 Å². The summed E-state index contributed by atoms with van der Waals surface area (Å²) in [5.74, 6) is -0.484. The van der Waals surface area contributed by atoms with Gasteiger partial charge in [0.05, 0.1) is 17.5 Å². The minimum Gasteiger partial charge on any atom is -0.357 e. The summed E-state index contributed by atoms with van der Waals surface area (Å²) in [4.78, 5) is 3.62. The van der Waals surface area contributed by atoms with Crippen LogP contribution in [-0.4, -0.2) is 24.9 Å². The van der Waals surface area contributed by atoms with Crippen LogP contribution >= 0.6 is 34.7 Å². The normalized spacial score (nSPS) is 16.4. The van der Waals surface area contributed by atoms with Gasteiger partial charge in [-0.05, 0) is 30.5 Å². The van der Waals surface area contributed by atoms with E-state index in [1.165, 1.54) is 21.4 Å². The quantitative estimate of drug-likeness (QED) is 0.301. The van der Waals surface area contributed by atoms with Crippen LogP contribution in [-0.2, 0) is 22.4 Å². The highest BCUT2D eigenvalue weighted by Gasteiger charge is 2.35. The second-order valence-electron chi connectivity index (χ2n) is 7.44. The Labute approximate surface area is 194 Å². The van der Waals surface area contributed by atoms with Crippen LogP contribution in [0, 0.1) is 0 Å². The molecule has 0 fully saturated rings. The Morgan fingerprint density at radius 2 is 1.97 bits per heavy atom. The van der Waals surface area contributed by atoms with Crippen molar-refractivity contribution in [2.24, 2.45) is 0 Å². The fourth-order valence-corrected chi connectivity index (χ4v) is 7.76. The highest BCUT2D eigenvalue weighted by molar-refractivity contribution is 8.00. The van der Waals surface area contributed by atoms with E-state index in [9.17, 15) is 13.0 Å². The average Bonchev–Trinajstić information content (AvgIpc) is 3.25. The Hall–Kier alpha value is -1.84. The molecule has 0 radical (unpaired) electrons. The van der Waals surface area contributed by atoms with Crippen molar-refractivity contribution in [2.75, 3.05) is 11.4 Å². The fraction of sp³-hybridized carbons (Fsp3) is 0.227. The second-order valence-corrected chi connectivity index (χ2v) is 11.6. The molecule has 0 amide bonds. The van der Waals surface area contributed by atoms with Crippen molar-refractivity contribution in [1.29, 1.82) is 0 Å². The number of hydrogen-bond donors (Lipinski definition) is 1. The number of halogens is 1. The van der Waals surface area contributed by atoms with Gasteiger partial charge in [-0.2, -0.15) is 13.0 Å². The fourth-order valence-electron chi connectivity index (χ4n) is 4.20. The van der Waals surface area contributed by atoms with Crippen molar-refractivity contribution in [3.8, 4) is 0 Å². The number of hydrogen-bond acceptors (Lipinski definition) is 5. The Bertz CT molecular complexity index is 1420. The maximum Gasteiger partial charge on any atom is 0.326 e. The molecule has 1 unspecified atom stereocenters. The van der Waals surface area contributed by atoms with Crippen molar-refractivity contribution in [3.63, 3.8) is 0 Å². The van der Waals surface area contributed by atoms with E-state index >= 15 is 0 Å². The van der Waals surface area contributed by atoms with Gasteiger partial charge in [0.15, 0.2) is 0 Å². The first-order valence-corrected chi connectivity index (χ1v) is 13.5. The molecule has 1 aliphatic heterocycles. The molecular weight excluding hydrogens is 472 g/mol. The van der Waals surface area contributed by atoms with E-state index in [0.717, 1.165) is 21.8 Å². The second kappa shape index (κ2) is 7.94. The van der Waals surface area contributed by atoms with Crippen LogP contribution in [0.15, 0.2) is 59.5 Å². The third kappa shape index (κ3) is 3.91. The molecule has 0 spiro atoms. The molecule has 3 aromatic carbocycles. The van der Waals surface area contributed by atoms with Crippen LogP contribution in [0.1, 0.15) is 11.9 Å². The van der Waals surface area contributed by atoms with E-state index in [1.54, 1.807) is 39.8 Å². The van der Waals surface area contributed by atoms with E-state index in [1.807, 2.05) is 12.1 Å². The number of fused-ring (bicyclic) bond motifs is 4. The van der Waals surface area contributed by atoms with E-state index in [4.69, 9.17) is 11.6 Å². The van der Waals surface area contributed by atoms with Gasteiger partial charge in [-0.25, -0.2) is 0 Å². The first-order chi connectivity index (χ1) is 14.8. The van der Waals surface area contributed by atoms with E-state index in [-0.39, 0.29) is 5.37 Å². The highest BCUT2D eigenvalue weighted by atomic mass is 35.5. The van der Waals surface area contributed by atoms with Gasteiger partial charge in [0.2, 0.25) is 10.5 Å². The van der Waals surface area contributed by atoms with E-state index < -0.39 is 16.0 Å². The Morgan fingerprint density at radius 1 is 1.16 bits per heavy atom. The minimum atomic E-state index is -4.20. The number of anilines is 1. The van der Waals surface area contributed by atoms with Gasteiger partial charge in [-0.15, -0.1) is 0 Å². The molecule has 1 aromatic heterocycles. The predicted octanol–water partition coefficient (Wildman–Crippen LogP) is 5.34. The zero-order valence-electron chi connectivity index (χ0n) is 16.7. The average molecular weight is 492 g/mol. The molecule has 5 rings (SSSR count). The van der Waals surface area contributed by atoms with Crippen LogP contribution in [0.4, 0.5) is 5.69 Å². The predicted molar refractivity (Wildman–Crippen MR) is 129 cm³/mol. The monoisotopic (exact) mass is 491 g/mol. The van der Waals surface area contributed by atoms with Gasteiger partial charge in [0.25, 0.3) is 5.88 Å². The summed E-state index contributed by atoms with van der Waals surface area (Å²) in [6, 6.07) is 18.1. The smallest absolute Gasteiger partial charge is 0.326 e. The van der Waals surface area contributed by atoms with E-state index in [2.05, 4.69) is 42.2 Å². The summed E-state index contributed by atoms with van der Waals surface area (Å²) >= 11 is 9.51. The van der Waals surface area contributed by atoms with Crippen molar-refractivity contribution in [2.45, 2.75) is 29.5 Å². The van der Waals surface area contributed by atoms with Gasteiger partial charge in [0.1, 0.15) is 4.70 Å². The Kier molecular flexibility index (Phi) is 5.38. The summed E-state index contributed by atoms with van der Waals surface area (Å²) in [5, 5.41) is 3.99. The van der Waals surface area contributed by atoms with Crippen LogP contribution in [0.2, 0.25) is 5.02 Å². The maximum absolute atomic E-state index is 11.8. The number of thiazole rings is 1. The number of likely N-dealkylation sites (N-methyl/N-ethyl adjacent to an activating group) is 1. The number of thioether (sulfide) groups is 1. The Balaban J connectivity index is 1.58. The Morgan fingerprint density at radius 3 is 2.74 bits per heavy atom. The highest BCUT2D eigenvalue weighted by Crippen LogP contribution is 2.48. The third-order valence-electron chi connectivity index (χ3n) is 5.48.